The minimum atomic E-state index is -2.68. The number of hydrogen-bond donors (Lipinski definition) is 0. The summed E-state index contributed by atoms with van der Waals surface area (Å²) in [4.78, 5) is 31.0. The Morgan fingerprint density at radius 3 is 2.53 bits per heavy atom. The molecule has 8 nitrogen and oxygen atoms in total. The molecule has 34 heavy (non-hydrogen) atoms. The lowest BCUT2D eigenvalue weighted by Gasteiger charge is -2.33. The van der Waals surface area contributed by atoms with E-state index in [9.17, 15) is 18.0 Å². The van der Waals surface area contributed by atoms with Gasteiger partial charge in [0.25, 0.3) is 17.8 Å². The lowest BCUT2D eigenvalue weighted by molar-refractivity contribution is 0.0710. The van der Waals surface area contributed by atoms with Crippen LogP contribution in [-0.4, -0.2) is 71.0 Å². The minimum absolute atomic E-state index is 0.0285. The average molecular weight is 472 g/mol. The first-order valence-electron chi connectivity index (χ1n) is 11.3. The summed E-state index contributed by atoms with van der Waals surface area (Å²) in [6.07, 6.45) is 1.50. The highest BCUT2D eigenvalue weighted by atomic mass is 19.3. The van der Waals surface area contributed by atoms with Crippen LogP contribution in [0.5, 0.6) is 0 Å². The summed E-state index contributed by atoms with van der Waals surface area (Å²) >= 11 is 0. The molecule has 5 heterocycles. The Balaban J connectivity index is 1.11. The summed E-state index contributed by atoms with van der Waals surface area (Å²) in [5.74, 6) is -3.64. The van der Waals surface area contributed by atoms with Gasteiger partial charge in [-0.25, -0.2) is 23.1 Å². The van der Waals surface area contributed by atoms with E-state index in [-0.39, 0.29) is 30.3 Å². The zero-order valence-corrected chi connectivity index (χ0v) is 18.6. The van der Waals surface area contributed by atoms with Crippen LogP contribution in [0.15, 0.2) is 28.8 Å². The van der Waals surface area contributed by atoms with Gasteiger partial charge in [0.1, 0.15) is 0 Å². The Kier molecular flexibility index (Phi) is 4.56. The maximum absolute atomic E-state index is 14.8. The van der Waals surface area contributed by atoms with Crippen LogP contribution in [0.25, 0.3) is 11.2 Å². The molecule has 3 aromatic heterocycles. The van der Waals surface area contributed by atoms with Crippen LogP contribution in [0.1, 0.15) is 28.9 Å². The maximum Gasteiger partial charge on any atom is 0.300 e. The van der Waals surface area contributed by atoms with Gasteiger partial charge in [0.2, 0.25) is 5.65 Å². The van der Waals surface area contributed by atoms with Crippen LogP contribution in [0.4, 0.5) is 25.0 Å². The SMILES string of the molecule is Cc1ccc2oc(N3CCN(C(=O)c4cnc(N5CCC6(C5)CC6(F)F)c(F)c4)CC3)nc2n1. The molecule has 1 aliphatic carbocycles. The molecule has 1 spiro atoms. The summed E-state index contributed by atoms with van der Waals surface area (Å²) in [6, 6.07) is 5.30. The van der Waals surface area contributed by atoms with Crippen LogP contribution < -0.4 is 9.80 Å². The van der Waals surface area contributed by atoms with E-state index in [1.807, 2.05) is 24.0 Å². The number of hydrogen-bond acceptors (Lipinski definition) is 7. The van der Waals surface area contributed by atoms with Crippen LogP contribution in [0, 0.1) is 18.2 Å². The van der Waals surface area contributed by atoms with Crippen LogP contribution in [0.3, 0.4) is 0 Å². The van der Waals surface area contributed by atoms with Crippen molar-refractivity contribution < 1.29 is 22.4 Å². The number of anilines is 2. The van der Waals surface area contributed by atoms with Gasteiger partial charge >= 0.3 is 0 Å². The van der Waals surface area contributed by atoms with Gasteiger partial charge in [-0.3, -0.25) is 4.79 Å². The van der Waals surface area contributed by atoms with E-state index < -0.39 is 17.2 Å². The fraction of sp³-hybridized carbons (Fsp3) is 0.478. The number of carbonyl (C=O) groups excluding carboxylic acids is 1. The summed E-state index contributed by atoms with van der Waals surface area (Å²) < 4.78 is 47.9. The molecule has 1 atom stereocenters. The van der Waals surface area contributed by atoms with Crippen LogP contribution in [-0.2, 0) is 0 Å². The number of nitrogens with zero attached hydrogens (tertiary/aromatic N) is 6. The summed E-state index contributed by atoms with van der Waals surface area (Å²) in [5, 5.41) is 0. The Morgan fingerprint density at radius 2 is 1.85 bits per heavy atom. The maximum atomic E-state index is 14.8. The number of aromatic nitrogens is 3. The smallest absolute Gasteiger partial charge is 0.300 e. The van der Waals surface area contributed by atoms with Crippen molar-refractivity contribution in [3.05, 3.63) is 41.5 Å². The van der Waals surface area contributed by atoms with E-state index in [2.05, 4.69) is 15.0 Å². The van der Waals surface area contributed by atoms with Crippen molar-refractivity contribution in [2.24, 2.45) is 5.41 Å². The van der Waals surface area contributed by atoms with Gasteiger partial charge in [0.05, 0.1) is 11.0 Å². The van der Waals surface area contributed by atoms with Crippen molar-refractivity contribution >= 4 is 29.0 Å². The van der Waals surface area contributed by atoms with Gasteiger partial charge in [0.15, 0.2) is 17.2 Å². The van der Waals surface area contributed by atoms with E-state index in [0.29, 0.717) is 56.4 Å². The van der Waals surface area contributed by atoms with Gasteiger partial charge in [-0.15, -0.1) is 0 Å². The fourth-order valence-corrected chi connectivity index (χ4v) is 4.98. The van der Waals surface area contributed by atoms with Gasteiger partial charge in [-0.05, 0) is 31.5 Å². The standard InChI is InChI=1S/C23H23F3N6O2/c1-14-2-3-17-18(28-14)29-21(34-17)31-8-6-30(7-9-31)20(33)15-10-16(24)19(27-11-15)32-5-4-22(13-32)12-23(22,25)26/h2-3,10-11H,4-9,12-13H2,1H3. The third kappa shape index (κ3) is 3.36. The first-order valence-corrected chi connectivity index (χ1v) is 11.3. The van der Waals surface area contributed by atoms with E-state index in [1.165, 1.54) is 6.20 Å². The number of piperazine rings is 1. The number of fused-ring (bicyclic) bond motifs is 1. The molecule has 1 amide bonds. The van der Waals surface area contributed by atoms with E-state index >= 15 is 0 Å². The number of oxazole rings is 1. The molecule has 0 aromatic carbocycles. The van der Waals surface area contributed by atoms with Crippen molar-refractivity contribution in [3.8, 4) is 0 Å². The quantitative estimate of drug-likeness (QED) is 0.579. The molecular formula is C23H23F3N6O2. The molecule has 3 fully saturated rings. The monoisotopic (exact) mass is 472 g/mol. The molecule has 2 aliphatic heterocycles. The number of halogens is 3. The molecule has 2 saturated heterocycles. The van der Waals surface area contributed by atoms with Crippen molar-refractivity contribution in [1.82, 2.24) is 19.9 Å². The lowest BCUT2D eigenvalue weighted by Crippen LogP contribution is -2.49. The molecule has 178 valence electrons. The third-order valence-corrected chi connectivity index (χ3v) is 7.15. The molecule has 1 unspecified atom stereocenters. The number of aryl methyl sites for hydroxylation is 1. The highest BCUT2D eigenvalue weighted by Crippen LogP contribution is 2.65. The zero-order chi connectivity index (χ0) is 23.7. The summed E-state index contributed by atoms with van der Waals surface area (Å²) in [6.45, 7) is 4.15. The molecule has 11 heteroatoms. The van der Waals surface area contributed by atoms with Gasteiger partial charge in [-0.2, -0.15) is 4.98 Å². The number of pyridine rings is 2. The summed E-state index contributed by atoms with van der Waals surface area (Å²) in [5.41, 5.74) is 1.10. The molecule has 3 aliphatic rings. The molecule has 0 radical (unpaired) electrons. The first-order chi connectivity index (χ1) is 16.2. The van der Waals surface area contributed by atoms with Crippen molar-refractivity contribution in [3.63, 3.8) is 0 Å². The molecule has 0 N–H and O–H groups in total. The molecule has 3 aromatic rings. The lowest BCUT2D eigenvalue weighted by atomic mass is 10.1. The topological polar surface area (TPSA) is 78.6 Å². The summed E-state index contributed by atoms with van der Waals surface area (Å²) in [7, 11) is 0. The normalized spacial score (nSPS) is 23.8. The number of amides is 1. The van der Waals surface area contributed by atoms with E-state index in [1.54, 1.807) is 9.80 Å². The molecule has 1 saturated carbocycles. The van der Waals surface area contributed by atoms with Crippen molar-refractivity contribution in [1.29, 1.82) is 0 Å². The highest BCUT2D eigenvalue weighted by Gasteiger charge is 2.72. The number of carbonyl (C=O) groups is 1. The first kappa shape index (κ1) is 21.2. The average Bonchev–Trinajstić information content (AvgIpc) is 3.17. The van der Waals surface area contributed by atoms with Crippen LogP contribution in [0.2, 0.25) is 0 Å². The van der Waals surface area contributed by atoms with E-state index in [4.69, 9.17) is 4.42 Å². The second kappa shape index (κ2) is 7.31. The number of alkyl halides is 2. The minimum Gasteiger partial charge on any atom is -0.422 e. The van der Waals surface area contributed by atoms with Crippen molar-refractivity contribution in [2.45, 2.75) is 25.7 Å². The Morgan fingerprint density at radius 1 is 1.09 bits per heavy atom. The van der Waals surface area contributed by atoms with Gasteiger partial charge in [-0.1, -0.05) is 0 Å². The molecular weight excluding hydrogens is 449 g/mol. The predicted octanol–water partition coefficient (Wildman–Crippen LogP) is 3.26. The Hall–Kier alpha value is -3.37. The number of rotatable bonds is 3. The van der Waals surface area contributed by atoms with Gasteiger partial charge < -0.3 is 19.1 Å². The van der Waals surface area contributed by atoms with Gasteiger partial charge in [0, 0.05) is 57.6 Å². The highest BCUT2D eigenvalue weighted by molar-refractivity contribution is 5.94. The van der Waals surface area contributed by atoms with Crippen molar-refractivity contribution in [2.75, 3.05) is 49.1 Å². The van der Waals surface area contributed by atoms with Crippen LogP contribution >= 0.6 is 0 Å². The molecule has 6 rings (SSSR count). The Labute approximate surface area is 193 Å². The second-order valence-electron chi connectivity index (χ2n) is 9.41. The third-order valence-electron chi connectivity index (χ3n) is 7.15. The second-order valence-corrected chi connectivity index (χ2v) is 9.41. The van der Waals surface area contributed by atoms with E-state index in [0.717, 1.165) is 11.8 Å². The Bertz CT molecular complexity index is 1290. The molecule has 0 bridgehead atoms. The zero-order valence-electron chi connectivity index (χ0n) is 18.6. The largest absolute Gasteiger partial charge is 0.422 e. The predicted molar refractivity (Wildman–Crippen MR) is 118 cm³/mol. The fourth-order valence-electron chi connectivity index (χ4n) is 4.98.